The van der Waals surface area contributed by atoms with Crippen LogP contribution in [0.2, 0.25) is 0 Å². The van der Waals surface area contributed by atoms with Gasteiger partial charge in [0.25, 0.3) is 0 Å². The Morgan fingerprint density at radius 3 is 3.05 bits per heavy atom. The Morgan fingerprint density at radius 2 is 2.26 bits per heavy atom. The summed E-state index contributed by atoms with van der Waals surface area (Å²) in [6.07, 6.45) is 5.37. The van der Waals surface area contributed by atoms with Gasteiger partial charge in [-0.15, -0.1) is 11.3 Å². The largest absolute Gasteiger partial charge is 0.369 e. The van der Waals surface area contributed by atoms with Gasteiger partial charge in [-0.1, -0.05) is 20.8 Å². The van der Waals surface area contributed by atoms with Gasteiger partial charge in [-0.25, -0.2) is 9.97 Å². The summed E-state index contributed by atoms with van der Waals surface area (Å²) in [6, 6.07) is 0. The average molecular weight is 275 g/mol. The highest BCUT2D eigenvalue weighted by atomic mass is 32.1. The minimum atomic E-state index is 0.625. The molecule has 3 nitrogen and oxygen atoms in total. The zero-order valence-corrected chi connectivity index (χ0v) is 12.7. The normalized spacial score (nSPS) is 18.8. The molecular weight excluding hydrogens is 254 g/mol. The molecule has 2 aromatic rings. The molecule has 1 aliphatic rings. The van der Waals surface area contributed by atoms with E-state index in [1.807, 2.05) is 11.3 Å². The first-order chi connectivity index (χ1) is 9.15. The summed E-state index contributed by atoms with van der Waals surface area (Å²) in [6.45, 7) is 7.75. The molecule has 4 heteroatoms. The van der Waals surface area contributed by atoms with Crippen molar-refractivity contribution >= 4 is 27.4 Å². The minimum Gasteiger partial charge on any atom is -0.369 e. The molecule has 1 atom stereocenters. The number of fused-ring (bicyclic) bond motifs is 3. The molecule has 0 fully saturated rings. The fourth-order valence-electron chi connectivity index (χ4n) is 2.71. The molecule has 0 bridgehead atoms. The second kappa shape index (κ2) is 5.08. The van der Waals surface area contributed by atoms with Crippen LogP contribution in [0.15, 0.2) is 6.33 Å². The monoisotopic (exact) mass is 275 g/mol. The van der Waals surface area contributed by atoms with Crippen molar-refractivity contribution in [2.75, 3.05) is 11.9 Å². The Kier molecular flexibility index (Phi) is 3.44. The van der Waals surface area contributed by atoms with Crippen LogP contribution < -0.4 is 5.32 Å². The van der Waals surface area contributed by atoms with Gasteiger partial charge in [-0.05, 0) is 36.7 Å². The summed E-state index contributed by atoms with van der Waals surface area (Å²) in [5, 5.41) is 4.78. The first kappa shape index (κ1) is 12.9. The van der Waals surface area contributed by atoms with Crippen LogP contribution in [0.1, 0.15) is 37.6 Å². The number of nitrogens with zero attached hydrogens (tertiary/aromatic N) is 2. The topological polar surface area (TPSA) is 37.8 Å². The van der Waals surface area contributed by atoms with E-state index >= 15 is 0 Å². The lowest BCUT2D eigenvalue weighted by molar-refractivity contribution is 0.509. The summed E-state index contributed by atoms with van der Waals surface area (Å²) in [5.74, 6) is 2.46. The van der Waals surface area contributed by atoms with E-state index in [4.69, 9.17) is 0 Å². The van der Waals surface area contributed by atoms with Gasteiger partial charge in [0.05, 0.1) is 5.39 Å². The number of hydrogen-bond acceptors (Lipinski definition) is 4. The molecule has 2 aromatic heterocycles. The van der Waals surface area contributed by atoms with E-state index in [2.05, 4.69) is 36.1 Å². The van der Waals surface area contributed by atoms with E-state index in [-0.39, 0.29) is 0 Å². The molecule has 0 amide bonds. The summed E-state index contributed by atoms with van der Waals surface area (Å²) in [4.78, 5) is 11.6. The number of aromatic nitrogens is 2. The predicted molar refractivity (Wildman–Crippen MR) is 81.9 cm³/mol. The Morgan fingerprint density at radius 1 is 1.42 bits per heavy atom. The first-order valence-corrected chi connectivity index (χ1v) is 7.96. The van der Waals surface area contributed by atoms with E-state index < -0.39 is 0 Å². The molecule has 2 heterocycles. The SMILES string of the molecule is CC(C)CNc1ncnc2sc3c(c12)CC[C@H](C)C3. The second-order valence-electron chi connectivity index (χ2n) is 6.03. The van der Waals surface area contributed by atoms with Crippen LogP contribution in [0.5, 0.6) is 0 Å². The molecule has 0 saturated carbocycles. The van der Waals surface area contributed by atoms with Gasteiger partial charge in [0.15, 0.2) is 0 Å². The zero-order valence-electron chi connectivity index (χ0n) is 11.9. The lowest BCUT2D eigenvalue weighted by Crippen LogP contribution is -2.11. The molecule has 3 rings (SSSR count). The van der Waals surface area contributed by atoms with Gasteiger partial charge in [0, 0.05) is 11.4 Å². The van der Waals surface area contributed by atoms with Crippen LogP contribution in [0.3, 0.4) is 0 Å². The molecule has 0 aliphatic heterocycles. The van der Waals surface area contributed by atoms with E-state index in [0.29, 0.717) is 5.92 Å². The molecule has 0 aromatic carbocycles. The number of aryl methyl sites for hydroxylation is 1. The van der Waals surface area contributed by atoms with Crippen LogP contribution in [-0.2, 0) is 12.8 Å². The number of nitrogens with one attached hydrogen (secondary N) is 1. The third-order valence-electron chi connectivity index (χ3n) is 3.77. The lowest BCUT2D eigenvalue weighted by Gasteiger charge is -2.18. The van der Waals surface area contributed by atoms with Crippen molar-refractivity contribution in [1.29, 1.82) is 0 Å². The molecule has 0 saturated heterocycles. The van der Waals surface area contributed by atoms with Gasteiger partial charge < -0.3 is 5.32 Å². The molecule has 19 heavy (non-hydrogen) atoms. The molecule has 1 N–H and O–H groups in total. The van der Waals surface area contributed by atoms with Gasteiger partial charge in [-0.3, -0.25) is 0 Å². The number of rotatable bonds is 3. The average Bonchev–Trinajstić information content (AvgIpc) is 2.73. The van der Waals surface area contributed by atoms with Crippen LogP contribution >= 0.6 is 11.3 Å². The highest BCUT2D eigenvalue weighted by Gasteiger charge is 2.22. The highest BCUT2D eigenvalue weighted by Crippen LogP contribution is 2.39. The minimum absolute atomic E-state index is 0.625. The Bertz CT molecular complexity index is 588. The third kappa shape index (κ3) is 2.46. The van der Waals surface area contributed by atoms with E-state index in [1.165, 1.54) is 35.1 Å². The number of thiophene rings is 1. The summed E-state index contributed by atoms with van der Waals surface area (Å²) < 4.78 is 0. The van der Waals surface area contributed by atoms with Crippen molar-refractivity contribution in [3.05, 3.63) is 16.8 Å². The number of hydrogen-bond donors (Lipinski definition) is 1. The fraction of sp³-hybridized carbons (Fsp3) is 0.600. The predicted octanol–water partition coefficient (Wildman–Crippen LogP) is 3.88. The Balaban J connectivity index is 2.03. The van der Waals surface area contributed by atoms with Gasteiger partial charge in [-0.2, -0.15) is 0 Å². The zero-order chi connectivity index (χ0) is 13.4. The maximum absolute atomic E-state index is 4.47. The van der Waals surface area contributed by atoms with E-state index in [1.54, 1.807) is 6.33 Å². The standard InChI is InChI=1S/C15H21N3S/c1-9(2)7-16-14-13-11-5-4-10(3)6-12(11)19-15(13)18-8-17-14/h8-10H,4-7H2,1-3H3,(H,16,17,18)/t10-/m0/s1. The quantitative estimate of drug-likeness (QED) is 0.923. The summed E-state index contributed by atoms with van der Waals surface area (Å²) in [5.41, 5.74) is 1.50. The molecule has 102 valence electrons. The maximum atomic E-state index is 4.47. The van der Waals surface area contributed by atoms with Crippen LogP contribution in [-0.4, -0.2) is 16.5 Å². The summed E-state index contributed by atoms with van der Waals surface area (Å²) >= 11 is 1.86. The van der Waals surface area contributed by atoms with Gasteiger partial charge in [0.1, 0.15) is 17.0 Å². The lowest BCUT2D eigenvalue weighted by atomic mass is 9.89. The molecule has 0 radical (unpaired) electrons. The van der Waals surface area contributed by atoms with E-state index in [0.717, 1.165) is 23.1 Å². The smallest absolute Gasteiger partial charge is 0.138 e. The molecule has 0 spiro atoms. The van der Waals surface area contributed by atoms with Gasteiger partial charge in [0.2, 0.25) is 0 Å². The Labute approximate surface area is 118 Å². The fourth-order valence-corrected chi connectivity index (χ4v) is 4.06. The van der Waals surface area contributed by atoms with E-state index in [9.17, 15) is 0 Å². The molecule has 1 aliphatic carbocycles. The molecule has 0 unspecified atom stereocenters. The molecular formula is C15H21N3S. The highest BCUT2D eigenvalue weighted by molar-refractivity contribution is 7.19. The van der Waals surface area contributed by atoms with Crippen molar-refractivity contribution in [2.24, 2.45) is 11.8 Å². The van der Waals surface area contributed by atoms with Crippen LogP contribution in [0.4, 0.5) is 5.82 Å². The maximum Gasteiger partial charge on any atom is 0.138 e. The first-order valence-electron chi connectivity index (χ1n) is 7.14. The second-order valence-corrected chi connectivity index (χ2v) is 7.11. The van der Waals surface area contributed by atoms with Crippen molar-refractivity contribution in [2.45, 2.75) is 40.0 Å². The van der Waals surface area contributed by atoms with Crippen molar-refractivity contribution in [3.8, 4) is 0 Å². The van der Waals surface area contributed by atoms with Crippen molar-refractivity contribution < 1.29 is 0 Å². The van der Waals surface area contributed by atoms with Crippen LogP contribution in [0.25, 0.3) is 10.2 Å². The van der Waals surface area contributed by atoms with Crippen molar-refractivity contribution in [3.63, 3.8) is 0 Å². The Hall–Kier alpha value is -1.16. The summed E-state index contributed by atoms with van der Waals surface area (Å²) in [7, 11) is 0. The van der Waals surface area contributed by atoms with Gasteiger partial charge >= 0.3 is 0 Å². The number of anilines is 1. The third-order valence-corrected chi connectivity index (χ3v) is 4.93. The van der Waals surface area contributed by atoms with Crippen LogP contribution in [0, 0.1) is 11.8 Å². The van der Waals surface area contributed by atoms with Crippen molar-refractivity contribution in [1.82, 2.24) is 9.97 Å².